The molecule has 0 aliphatic carbocycles. The van der Waals surface area contributed by atoms with Crippen LogP contribution in [0.4, 0.5) is 5.13 Å². The molecule has 82 valence electrons. The minimum atomic E-state index is 0.655. The lowest BCUT2D eigenvalue weighted by Crippen LogP contribution is -2.33. The van der Waals surface area contributed by atoms with Crippen LogP contribution in [0.5, 0.6) is 0 Å². The number of aldehydes is 1. The first-order chi connectivity index (χ1) is 7.86. The molecule has 2 aromatic rings. The highest BCUT2D eigenvalue weighted by molar-refractivity contribution is 7.17. The Morgan fingerprint density at radius 2 is 2.38 bits per heavy atom. The van der Waals surface area contributed by atoms with E-state index in [0.717, 1.165) is 30.3 Å². The van der Waals surface area contributed by atoms with E-state index in [-0.39, 0.29) is 0 Å². The van der Waals surface area contributed by atoms with Crippen LogP contribution in [-0.4, -0.2) is 32.6 Å². The molecule has 0 saturated carbocycles. The summed E-state index contributed by atoms with van der Waals surface area (Å²) in [5.41, 5.74) is 0. The summed E-state index contributed by atoms with van der Waals surface area (Å²) in [5, 5.41) is 8.78. The van der Waals surface area contributed by atoms with Crippen LogP contribution < -0.4 is 4.90 Å². The van der Waals surface area contributed by atoms with Crippen molar-refractivity contribution in [1.82, 2.24) is 19.7 Å². The first-order valence-electron chi connectivity index (χ1n) is 4.89. The van der Waals surface area contributed by atoms with Gasteiger partial charge in [0, 0.05) is 13.1 Å². The Morgan fingerprint density at radius 3 is 3.19 bits per heavy atom. The molecule has 0 amide bonds. The van der Waals surface area contributed by atoms with E-state index in [9.17, 15) is 4.79 Å². The molecule has 0 aromatic carbocycles. The van der Waals surface area contributed by atoms with E-state index < -0.39 is 0 Å². The molecule has 0 fully saturated rings. The number of fused-ring (bicyclic) bond motifs is 1. The van der Waals surface area contributed by atoms with Crippen LogP contribution in [0.3, 0.4) is 0 Å². The smallest absolute Gasteiger partial charge is 0.186 e. The Balaban J connectivity index is 1.85. The minimum Gasteiger partial charge on any atom is -0.339 e. The molecule has 0 spiro atoms. The molecule has 2 aromatic heterocycles. The zero-order valence-electron chi connectivity index (χ0n) is 8.41. The fraction of sp³-hybridized carbons (Fsp3) is 0.333. The summed E-state index contributed by atoms with van der Waals surface area (Å²) in [4.78, 5) is 17.6. The second-order valence-corrected chi connectivity index (χ2v) is 4.57. The molecule has 7 heteroatoms. The zero-order chi connectivity index (χ0) is 11.0. The number of nitrogens with zero attached hydrogens (tertiary/aromatic N) is 5. The number of carbonyl (C=O) groups excluding carboxylic acids is 1. The van der Waals surface area contributed by atoms with E-state index in [2.05, 4.69) is 20.1 Å². The SMILES string of the molecule is O=Cc1cnc(N2CCn3cnnc3C2)s1. The van der Waals surface area contributed by atoms with Gasteiger partial charge in [0.15, 0.2) is 17.2 Å². The highest BCUT2D eigenvalue weighted by Crippen LogP contribution is 2.24. The van der Waals surface area contributed by atoms with Crippen LogP contribution in [0.2, 0.25) is 0 Å². The molecule has 0 unspecified atom stereocenters. The van der Waals surface area contributed by atoms with Gasteiger partial charge in [0.05, 0.1) is 17.6 Å². The second-order valence-electron chi connectivity index (χ2n) is 3.53. The van der Waals surface area contributed by atoms with E-state index in [1.54, 1.807) is 12.5 Å². The van der Waals surface area contributed by atoms with Gasteiger partial charge in [-0.3, -0.25) is 4.79 Å². The molecule has 0 saturated heterocycles. The van der Waals surface area contributed by atoms with Gasteiger partial charge in [0.2, 0.25) is 0 Å². The van der Waals surface area contributed by atoms with Crippen molar-refractivity contribution in [3.63, 3.8) is 0 Å². The number of rotatable bonds is 2. The van der Waals surface area contributed by atoms with Crippen LogP contribution in [0.1, 0.15) is 15.5 Å². The molecule has 1 aliphatic rings. The van der Waals surface area contributed by atoms with Gasteiger partial charge in [0.25, 0.3) is 0 Å². The van der Waals surface area contributed by atoms with Crippen LogP contribution >= 0.6 is 11.3 Å². The average Bonchev–Trinajstić information content (AvgIpc) is 2.96. The Hall–Kier alpha value is -1.76. The normalized spacial score (nSPS) is 14.9. The van der Waals surface area contributed by atoms with Crippen molar-refractivity contribution in [1.29, 1.82) is 0 Å². The number of anilines is 1. The molecule has 0 N–H and O–H groups in total. The Kier molecular flexibility index (Phi) is 2.17. The zero-order valence-corrected chi connectivity index (χ0v) is 9.22. The van der Waals surface area contributed by atoms with Crippen molar-refractivity contribution in [3.05, 3.63) is 23.2 Å². The van der Waals surface area contributed by atoms with E-state index in [1.165, 1.54) is 11.3 Å². The molecular formula is C9H9N5OS. The molecule has 3 rings (SSSR count). The molecule has 3 heterocycles. The highest BCUT2D eigenvalue weighted by Gasteiger charge is 2.19. The standard InChI is InChI=1S/C9H9N5OS/c15-5-7-3-10-9(16-7)13-1-2-14-6-11-12-8(14)4-13/h3,5-6H,1-2,4H2. The maximum absolute atomic E-state index is 10.6. The van der Waals surface area contributed by atoms with Gasteiger partial charge >= 0.3 is 0 Å². The van der Waals surface area contributed by atoms with Crippen LogP contribution in [-0.2, 0) is 13.1 Å². The van der Waals surface area contributed by atoms with E-state index in [0.29, 0.717) is 11.4 Å². The summed E-state index contributed by atoms with van der Waals surface area (Å²) < 4.78 is 2.03. The molecule has 16 heavy (non-hydrogen) atoms. The number of aromatic nitrogens is 4. The molecule has 0 atom stereocenters. The van der Waals surface area contributed by atoms with E-state index in [4.69, 9.17) is 0 Å². The van der Waals surface area contributed by atoms with Crippen LogP contribution in [0.25, 0.3) is 0 Å². The third-order valence-electron chi connectivity index (χ3n) is 2.54. The quantitative estimate of drug-likeness (QED) is 0.712. The van der Waals surface area contributed by atoms with Crippen molar-refractivity contribution in [2.24, 2.45) is 0 Å². The Bertz CT molecular complexity index is 519. The van der Waals surface area contributed by atoms with Crippen molar-refractivity contribution in [2.45, 2.75) is 13.1 Å². The predicted octanol–water partition coefficient (Wildman–Crippen LogP) is 0.567. The number of hydrogen-bond donors (Lipinski definition) is 0. The Labute approximate surface area is 95.6 Å². The third kappa shape index (κ3) is 1.49. The Morgan fingerprint density at radius 1 is 1.44 bits per heavy atom. The van der Waals surface area contributed by atoms with Gasteiger partial charge in [-0.1, -0.05) is 11.3 Å². The largest absolute Gasteiger partial charge is 0.339 e. The maximum Gasteiger partial charge on any atom is 0.186 e. The summed E-state index contributed by atoms with van der Waals surface area (Å²) in [5.74, 6) is 0.939. The lowest BCUT2D eigenvalue weighted by molar-refractivity contribution is 0.112. The molecule has 6 nitrogen and oxygen atoms in total. The summed E-state index contributed by atoms with van der Waals surface area (Å²) in [6, 6.07) is 0. The third-order valence-corrected chi connectivity index (χ3v) is 3.52. The summed E-state index contributed by atoms with van der Waals surface area (Å²) in [6.07, 6.45) is 4.17. The van der Waals surface area contributed by atoms with Gasteiger partial charge < -0.3 is 9.47 Å². The number of thiazole rings is 1. The fourth-order valence-corrected chi connectivity index (χ4v) is 2.46. The monoisotopic (exact) mass is 235 g/mol. The topological polar surface area (TPSA) is 63.9 Å². The van der Waals surface area contributed by atoms with Crippen molar-refractivity contribution in [2.75, 3.05) is 11.4 Å². The van der Waals surface area contributed by atoms with Gasteiger partial charge in [-0.2, -0.15) is 0 Å². The lowest BCUT2D eigenvalue weighted by atomic mass is 10.4. The fourth-order valence-electron chi connectivity index (χ4n) is 1.71. The predicted molar refractivity (Wildman–Crippen MR) is 58.6 cm³/mol. The van der Waals surface area contributed by atoms with Crippen molar-refractivity contribution < 1.29 is 4.79 Å². The van der Waals surface area contributed by atoms with Crippen LogP contribution in [0, 0.1) is 0 Å². The number of carbonyl (C=O) groups is 1. The molecule has 1 aliphatic heterocycles. The molecule has 0 bridgehead atoms. The van der Waals surface area contributed by atoms with Gasteiger partial charge in [-0.15, -0.1) is 10.2 Å². The summed E-state index contributed by atoms with van der Waals surface area (Å²) in [7, 11) is 0. The van der Waals surface area contributed by atoms with E-state index in [1.807, 2.05) is 4.57 Å². The van der Waals surface area contributed by atoms with Gasteiger partial charge in [0.1, 0.15) is 6.33 Å². The van der Waals surface area contributed by atoms with Crippen molar-refractivity contribution in [3.8, 4) is 0 Å². The van der Waals surface area contributed by atoms with E-state index >= 15 is 0 Å². The van der Waals surface area contributed by atoms with Gasteiger partial charge in [-0.25, -0.2) is 4.98 Å². The number of hydrogen-bond acceptors (Lipinski definition) is 6. The second kappa shape index (κ2) is 3.67. The highest BCUT2D eigenvalue weighted by atomic mass is 32.1. The first-order valence-corrected chi connectivity index (χ1v) is 5.71. The first kappa shape index (κ1) is 9.46. The van der Waals surface area contributed by atoms with Crippen LogP contribution in [0.15, 0.2) is 12.5 Å². The van der Waals surface area contributed by atoms with Crippen molar-refractivity contribution >= 4 is 22.8 Å². The molecular weight excluding hydrogens is 226 g/mol. The maximum atomic E-state index is 10.6. The lowest BCUT2D eigenvalue weighted by Gasteiger charge is -2.26. The average molecular weight is 235 g/mol. The van der Waals surface area contributed by atoms with Gasteiger partial charge in [-0.05, 0) is 0 Å². The molecule has 0 radical (unpaired) electrons. The minimum absolute atomic E-state index is 0.655. The summed E-state index contributed by atoms with van der Waals surface area (Å²) in [6.45, 7) is 2.43. The summed E-state index contributed by atoms with van der Waals surface area (Å²) >= 11 is 1.41.